The van der Waals surface area contributed by atoms with Crippen LogP contribution in [0.5, 0.6) is 5.75 Å². The molecule has 0 spiro atoms. The highest BCUT2D eigenvalue weighted by molar-refractivity contribution is 5.97. The fourth-order valence-electron chi connectivity index (χ4n) is 2.96. The third-order valence-electron chi connectivity index (χ3n) is 4.66. The van der Waals surface area contributed by atoms with E-state index in [1.54, 1.807) is 19.9 Å². The summed E-state index contributed by atoms with van der Waals surface area (Å²) in [6.45, 7) is 5.92. The molecule has 0 bridgehead atoms. The van der Waals surface area contributed by atoms with Crippen molar-refractivity contribution < 1.29 is 24.2 Å². The Morgan fingerprint density at radius 2 is 2.17 bits per heavy atom. The van der Waals surface area contributed by atoms with E-state index in [4.69, 9.17) is 9.47 Å². The van der Waals surface area contributed by atoms with Gasteiger partial charge in [0.05, 0.1) is 13.2 Å². The summed E-state index contributed by atoms with van der Waals surface area (Å²) in [6, 6.07) is 3.08. The van der Waals surface area contributed by atoms with Gasteiger partial charge in [0.1, 0.15) is 17.0 Å². The summed E-state index contributed by atoms with van der Waals surface area (Å²) >= 11 is 0. The molecule has 0 saturated heterocycles. The van der Waals surface area contributed by atoms with Gasteiger partial charge in [-0.25, -0.2) is 4.79 Å². The number of pyridine rings is 1. The van der Waals surface area contributed by atoms with Gasteiger partial charge in [-0.05, 0) is 13.0 Å². The van der Waals surface area contributed by atoms with Crippen LogP contribution in [0.15, 0.2) is 18.3 Å². The number of rotatable bonds is 6. The van der Waals surface area contributed by atoms with Crippen LogP contribution in [0.3, 0.4) is 0 Å². The van der Waals surface area contributed by atoms with E-state index in [1.807, 2.05) is 6.92 Å². The van der Waals surface area contributed by atoms with Crippen molar-refractivity contribution in [2.45, 2.75) is 38.8 Å². The number of amides is 1. The maximum atomic E-state index is 12.4. The van der Waals surface area contributed by atoms with Crippen molar-refractivity contribution >= 4 is 11.9 Å². The fourth-order valence-corrected chi connectivity index (χ4v) is 2.96. The molecule has 2 N–H and O–H groups in total. The molecule has 0 radical (unpaired) electrons. The molecule has 2 unspecified atom stereocenters. The standard InChI is InChI=1S/C16H22N2O5/c1-5-23-12-9-16(14(20)21,15(12,2)3)18-13(19)11-8-10(22-4)6-7-17-11/h6-8,12H,5,9H2,1-4H3,(H,18,19)(H,20,21). The van der Waals surface area contributed by atoms with E-state index in [1.165, 1.54) is 19.4 Å². The molecular formula is C16H22N2O5. The highest BCUT2D eigenvalue weighted by atomic mass is 16.5. The van der Waals surface area contributed by atoms with Gasteiger partial charge in [0.25, 0.3) is 5.91 Å². The zero-order valence-electron chi connectivity index (χ0n) is 13.8. The van der Waals surface area contributed by atoms with Crippen LogP contribution in [-0.2, 0) is 9.53 Å². The average molecular weight is 322 g/mol. The molecule has 0 aromatic carbocycles. The number of carbonyl (C=O) groups excluding carboxylic acids is 1. The summed E-state index contributed by atoms with van der Waals surface area (Å²) in [5.41, 5.74) is -2.00. The number of nitrogens with zero attached hydrogens (tertiary/aromatic N) is 1. The summed E-state index contributed by atoms with van der Waals surface area (Å²) in [6.07, 6.45) is 1.44. The Labute approximate surface area is 135 Å². The second-order valence-corrected chi connectivity index (χ2v) is 6.12. The second-order valence-electron chi connectivity index (χ2n) is 6.12. The number of hydrogen-bond acceptors (Lipinski definition) is 5. The molecular weight excluding hydrogens is 300 g/mol. The average Bonchev–Trinajstić information content (AvgIpc) is 2.53. The first-order valence-electron chi connectivity index (χ1n) is 7.46. The first-order chi connectivity index (χ1) is 10.8. The van der Waals surface area contributed by atoms with E-state index in [-0.39, 0.29) is 18.2 Å². The smallest absolute Gasteiger partial charge is 0.330 e. The molecule has 0 aliphatic heterocycles. The maximum Gasteiger partial charge on any atom is 0.330 e. The normalized spacial score (nSPS) is 25.3. The van der Waals surface area contributed by atoms with E-state index in [2.05, 4.69) is 10.3 Å². The second kappa shape index (κ2) is 6.16. The van der Waals surface area contributed by atoms with E-state index in [0.29, 0.717) is 12.4 Å². The number of carboxylic acid groups (broad SMARTS) is 1. The third kappa shape index (κ3) is 2.76. The molecule has 2 atom stereocenters. The van der Waals surface area contributed by atoms with Crippen molar-refractivity contribution in [3.05, 3.63) is 24.0 Å². The topological polar surface area (TPSA) is 97.8 Å². The molecule has 1 saturated carbocycles. The lowest BCUT2D eigenvalue weighted by Crippen LogP contribution is -2.76. The summed E-state index contributed by atoms with van der Waals surface area (Å²) in [4.78, 5) is 28.3. The molecule has 1 fully saturated rings. The number of nitrogens with one attached hydrogen (secondary N) is 1. The molecule has 7 heteroatoms. The number of carbonyl (C=O) groups is 2. The first kappa shape index (κ1) is 17.2. The Balaban J connectivity index is 2.24. The molecule has 1 heterocycles. The van der Waals surface area contributed by atoms with Gasteiger partial charge in [-0.3, -0.25) is 9.78 Å². The third-order valence-corrected chi connectivity index (χ3v) is 4.66. The number of carboxylic acids is 1. The van der Waals surface area contributed by atoms with Crippen molar-refractivity contribution in [2.24, 2.45) is 5.41 Å². The maximum absolute atomic E-state index is 12.4. The van der Waals surface area contributed by atoms with Crippen LogP contribution in [0, 0.1) is 5.41 Å². The summed E-state index contributed by atoms with van der Waals surface area (Å²) < 4.78 is 10.6. The fraction of sp³-hybridized carbons (Fsp3) is 0.562. The van der Waals surface area contributed by atoms with Gasteiger partial charge >= 0.3 is 5.97 Å². The van der Waals surface area contributed by atoms with Crippen LogP contribution in [0.4, 0.5) is 0 Å². The summed E-state index contributed by atoms with van der Waals surface area (Å²) in [5, 5.41) is 12.3. The minimum absolute atomic E-state index is 0.112. The number of hydrogen-bond donors (Lipinski definition) is 2. The molecule has 1 aromatic heterocycles. The molecule has 1 aliphatic rings. The van der Waals surface area contributed by atoms with Crippen LogP contribution < -0.4 is 10.1 Å². The lowest BCUT2D eigenvalue weighted by molar-refractivity contribution is -0.190. The molecule has 7 nitrogen and oxygen atoms in total. The molecule has 1 amide bonds. The van der Waals surface area contributed by atoms with Crippen LogP contribution in [0.2, 0.25) is 0 Å². The van der Waals surface area contributed by atoms with Crippen molar-refractivity contribution in [3.8, 4) is 5.75 Å². The lowest BCUT2D eigenvalue weighted by atomic mass is 9.54. The van der Waals surface area contributed by atoms with Gasteiger partial charge in [-0.2, -0.15) is 0 Å². The Morgan fingerprint density at radius 1 is 1.48 bits per heavy atom. The predicted molar refractivity (Wildman–Crippen MR) is 82.4 cm³/mol. The van der Waals surface area contributed by atoms with Crippen molar-refractivity contribution in [2.75, 3.05) is 13.7 Å². The number of ether oxygens (including phenoxy) is 2. The lowest BCUT2D eigenvalue weighted by Gasteiger charge is -2.58. The Kier molecular flexibility index (Phi) is 4.61. The van der Waals surface area contributed by atoms with Crippen molar-refractivity contribution in [1.82, 2.24) is 10.3 Å². The number of methoxy groups -OCH3 is 1. The largest absolute Gasteiger partial charge is 0.497 e. The van der Waals surface area contributed by atoms with Crippen molar-refractivity contribution in [1.29, 1.82) is 0 Å². The van der Waals surface area contributed by atoms with Gasteiger partial charge in [-0.15, -0.1) is 0 Å². The van der Waals surface area contributed by atoms with Crippen LogP contribution in [0.25, 0.3) is 0 Å². The Morgan fingerprint density at radius 3 is 2.70 bits per heavy atom. The molecule has 126 valence electrons. The monoisotopic (exact) mass is 322 g/mol. The van der Waals surface area contributed by atoms with E-state index in [0.717, 1.165) is 0 Å². The van der Waals surface area contributed by atoms with E-state index < -0.39 is 22.8 Å². The van der Waals surface area contributed by atoms with Gasteiger partial charge in [-0.1, -0.05) is 13.8 Å². The highest BCUT2D eigenvalue weighted by Gasteiger charge is 2.66. The summed E-state index contributed by atoms with van der Waals surface area (Å²) in [5.74, 6) is -1.14. The number of aromatic nitrogens is 1. The minimum atomic E-state index is -1.38. The quantitative estimate of drug-likeness (QED) is 0.823. The van der Waals surface area contributed by atoms with Gasteiger partial charge in [0.2, 0.25) is 0 Å². The van der Waals surface area contributed by atoms with Crippen LogP contribution >= 0.6 is 0 Å². The molecule has 1 aromatic rings. The SMILES string of the molecule is CCOC1CC(NC(=O)c2cc(OC)ccn2)(C(=O)O)C1(C)C. The predicted octanol–water partition coefficient (Wildman–Crippen LogP) is 1.48. The first-order valence-corrected chi connectivity index (χ1v) is 7.46. The summed E-state index contributed by atoms with van der Waals surface area (Å²) in [7, 11) is 1.48. The zero-order valence-corrected chi connectivity index (χ0v) is 13.8. The van der Waals surface area contributed by atoms with Crippen LogP contribution in [-0.4, -0.2) is 47.3 Å². The van der Waals surface area contributed by atoms with Gasteiger partial charge in [0, 0.05) is 30.7 Å². The zero-order chi connectivity index (χ0) is 17.3. The molecule has 2 rings (SSSR count). The van der Waals surface area contributed by atoms with E-state index >= 15 is 0 Å². The van der Waals surface area contributed by atoms with Crippen molar-refractivity contribution in [3.63, 3.8) is 0 Å². The van der Waals surface area contributed by atoms with E-state index in [9.17, 15) is 14.7 Å². The van der Waals surface area contributed by atoms with Gasteiger partial charge < -0.3 is 19.9 Å². The highest BCUT2D eigenvalue weighted by Crippen LogP contribution is 2.51. The van der Waals surface area contributed by atoms with Crippen LogP contribution in [0.1, 0.15) is 37.7 Å². The Hall–Kier alpha value is -2.15. The Bertz CT molecular complexity index is 616. The number of aliphatic carboxylic acids is 1. The molecule has 23 heavy (non-hydrogen) atoms. The minimum Gasteiger partial charge on any atom is -0.497 e. The molecule has 1 aliphatic carbocycles. The van der Waals surface area contributed by atoms with Gasteiger partial charge in [0.15, 0.2) is 0 Å².